The van der Waals surface area contributed by atoms with Crippen molar-refractivity contribution in [2.24, 2.45) is 0 Å². The number of ether oxygens (including phenoxy) is 1. The molecule has 1 atom stereocenters. The predicted molar refractivity (Wildman–Crippen MR) is 135 cm³/mol. The number of carbonyl (C=O) groups excluding carboxylic acids is 2. The summed E-state index contributed by atoms with van der Waals surface area (Å²) in [7, 11) is -0.568. The maximum atomic E-state index is 13.2. The summed E-state index contributed by atoms with van der Waals surface area (Å²) in [5, 5.41) is 3.32. The maximum absolute atomic E-state index is 13.2. The largest absolute Gasteiger partial charge is 0.497 e. The molecule has 0 fully saturated rings. The molecule has 2 aromatic rings. The van der Waals surface area contributed by atoms with Gasteiger partial charge >= 0.3 is 0 Å². The van der Waals surface area contributed by atoms with Crippen molar-refractivity contribution >= 4 is 50.7 Å². The van der Waals surface area contributed by atoms with Gasteiger partial charge in [-0.3, -0.25) is 13.9 Å². The first-order valence-corrected chi connectivity index (χ1v) is 13.2. The van der Waals surface area contributed by atoms with E-state index in [1.165, 1.54) is 23.4 Å². The van der Waals surface area contributed by atoms with E-state index in [-0.39, 0.29) is 37.7 Å². The van der Waals surface area contributed by atoms with Gasteiger partial charge in [-0.15, -0.1) is 0 Å². The van der Waals surface area contributed by atoms with Crippen molar-refractivity contribution in [2.75, 3.05) is 31.3 Å². The fourth-order valence-electron chi connectivity index (χ4n) is 3.40. The highest BCUT2D eigenvalue weighted by atomic mass is 35.5. The van der Waals surface area contributed by atoms with Gasteiger partial charge in [-0.1, -0.05) is 29.3 Å². The van der Waals surface area contributed by atoms with Crippen molar-refractivity contribution in [3.8, 4) is 5.75 Å². The average molecular weight is 530 g/mol. The van der Waals surface area contributed by atoms with E-state index in [2.05, 4.69) is 5.32 Å². The average Bonchev–Trinajstić information content (AvgIpc) is 2.80. The zero-order chi connectivity index (χ0) is 25.5. The molecule has 2 aromatic carbocycles. The van der Waals surface area contributed by atoms with Crippen LogP contribution in [0.1, 0.15) is 25.3 Å². The highest BCUT2D eigenvalue weighted by Crippen LogP contribution is 2.27. The van der Waals surface area contributed by atoms with Crippen molar-refractivity contribution in [3.63, 3.8) is 0 Å². The Morgan fingerprint density at radius 2 is 1.68 bits per heavy atom. The number of hydrogen-bond acceptors (Lipinski definition) is 5. The van der Waals surface area contributed by atoms with Gasteiger partial charge in [0, 0.05) is 42.2 Å². The Hall–Kier alpha value is -2.49. The topological polar surface area (TPSA) is 96.0 Å². The molecule has 0 aliphatic carbocycles. The number of carbonyl (C=O) groups is 2. The minimum absolute atomic E-state index is 0.0194. The predicted octanol–water partition coefficient (Wildman–Crippen LogP) is 3.71. The van der Waals surface area contributed by atoms with E-state index in [9.17, 15) is 18.0 Å². The molecule has 2 rings (SSSR count). The van der Waals surface area contributed by atoms with Crippen molar-refractivity contribution in [1.82, 2.24) is 10.2 Å². The Balaban J connectivity index is 2.19. The fourth-order valence-corrected chi connectivity index (χ4v) is 4.88. The van der Waals surface area contributed by atoms with E-state index < -0.39 is 16.1 Å². The molecule has 0 spiro atoms. The summed E-state index contributed by atoms with van der Waals surface area (Å²) in [5.74, 6) is -0.0627. The molecule has 8 nitrogen and oxygen atoms in total. The number of benzene rings is 2. The Labute approximate surface area is 210 Å². The summed E-state index contributed by atoms with van der Waals surface area (Å²) >= 11 is 12.6. The summed E-state index contributed by atoms with van der Waals surface area (Å²) in [6.45, 7) is 1.74. The minimum Gasteiger partial charge on any atom is -0.497 e. The number of methoxy groups -OCH3 is 1. The van der Waals surface area contributed by atoms with Crippen LogP contribution < -0.4 is 14.4 Å². The van der Waals surface area contributed by atoms with Gasteiger partial charge in [0.05, 0.1) is 19.1 Å². The van der Waals surface area contributed by atoms with E-state index in [1.54, 1.807) is 49.4 Å². The van der Waals surface area contributed by atoms with Gasteiger partial charge in [0.25, 0.3) is 0 Å². The van der Waals surface area contributed by atoms with Crippen LogP contribution in [0.3, 0.4) is 0 Å². The molecule has 11 heteroatoms. The highest BCUT2D eigenvalue weighted by Gasteiger charge is 2.27. The molecule has 0 bridgehead atoms. The molecule has 34 heavy (non-hydrogen) atoms. The van der Waals surface area contributed by atoms with Crippen LogP contribution in [0.2, 0.25) is 10.0 Å². The number of nitrogens with zero attached hydrogens (tertiary/aromatic N) is 2. The van der Waals surface area contributed by atoms with Crippen LogP contribution in [0.25, 0.3) is 0 Å². The van der Waals surface area contributed by atoms with Crippen LogP contribution in [0.15, 0.2) is 42.5 Å². The lowest BCUT2D eigenvalue weighted by Crippen LogP contribution is -2.47. The number of halogens is 2. The second-order valence-electron chi connectivity index (χ2n) is 7.65. The number of rotatable bonds is 11. The Morgan fingerprint density at radius 3 is 2.18 bits per heavy atom. The zero-order valence-corrected chi connectivity index (χ0v) is 21.9. The number of hydrogen-bond donors (Lipinski definition) is 1. The highest BCUT2D eigenvalue weighted by molar-refractivity contribution is 7.92. The van der Waals surface area contributed by atoms with Gasteiger partial charge in [0.1, 0.15) is 11.8 Å². The first-order chi connectivity index (χ1) is 16.0. The lowest BCUT2D eigenvalue weighted by atomic mass is 10.1. The summed E-state index contributed by atoms with van der Waals surface area (Å²) in [6, 6.07) is 10.8. The molecule has 2 amide bonds. The number of anilines is 1. The summed E-state index contributed by atoms with van der Waals surface area (Å²) < 4.78 is 31.1. The van der Waals surface area contributed by atoms with Crippen LogP contribution in [-0.2, 0) is 26.2 Å². The smallest absolute Gasteiger partial charge is 0.242 e. The molecule has 0 aromatic heterocycles. The van der Waals surface area contributed by atoms with Gasteiger partial charge in [-0.2, -0.15) is 0 Å². The van der Waals surface area contributed by atoms with E-state index in [4.69, 9.17) is 27.9 Å². The first kappa shape index (κ1) is 27.8. The van der Waals surface area contributed by atoms with Crippen molar-refractivity contribution in [2.45, 2.75) is 32.4 Å². The van der Waals surface area contributed by atoms with Gasteiger partial charge < -0.3 is 15.0 Å². The quantitative estimate of drug-likeness (QED) is 0.478. The third-order valence-corrected chi connectivity index (χ3v) is 7.22. The van der Waals surface area contributed by atoms with Crippen molar-refractivity contribution in [3.05, 3.63) is 58.1 Å². The molecule has 0 unspecified atom stereocenters. The van der Waals surface area contributed by atoms with Gasteiger partial charge in [0.15, 0.2) is 0 Å². The van der Waals surface area contributed by atoms with Crippen LogP contribution in [-0.4, -0.2) is 58.1 Å². The standard InChI is InChI=1S/C23H29Cl2N3O5S/c1-16(23(30)26-2)27(15-19-20(24)7-5-8-21(19)25)22(29)9-6-14-28(34(4,31)32)17-10-12-18(33-3)13-11-17/h5,7-8,10-13,16H,6,9,14-15H2,1-4H3,(H,26,30)/t16-/m0/s1. The number of sulfonamides is 1. The Kier molecular flexibility index (Phi) is 10.0. The van der Waals surface area contributed by atoms with E-state index >= 15 is 0 Å². The molecule has 0 saturated carbocycles. The van der Waals surface area contributed by atoms with Gasteiger partial charge in [0.2, 0.25) is 21.8 Å². The van der Waals surface area contributed by atoms with Gasteiger partial charge in [-0.25, -0.2) is 8.42 Å². The zero-order valence-electron chi connectivity index (χ0n) is 19.5. The molecular weight excluding hydrogens is 501 g/mol. The Bertz CT molecular complexity index is 1090. The third-order valence-electron chi connectivity index (χ3n) is 5.32. The SMILES string of the molecule is CNC(=O)[C@H](C)N(Cc1c(Cl)cccc1Cl)C(=O)CCCN(c1ccc(OC)cc1)S(C)(=O)=O. The lowest BCUT2D eigenvalue weighted by molar-refractivity contribution is -0.140. The molecule has 0 radical (unpaired) electrons. The number of likely N-dealkylation sites (N-methyl/N-ethyl adjacent to an activating group) is 1. The molecular formula is C23H29Cl2N3O5S. The minimum atomic E-state index is -3.58. The van der Waals surface area contributed by atoms with Crippen molar-refractivity contribution in [1.29, 1.82) is 0 Å². The molecule has 1 N–H and O–H groups in total. The molecule has 0 aliphatic rings. The third kappa shape index (κ3) is 7.25. The van der Waals surface area contributed by atoms with Crippen LogP contribution in [0.4, 0.5) is 5.69 Å². The molecule has 0 saturated heterocycles. The van der Waals surface area contributed by atoms with E-state index in [1.807, 2.05) is 0 Å². The van der Waals surface area contributed by atoms with E-state index in [0.29, 0.717) is 27.0 Å². The lowest BCUT2D eigenvalue weighted by Gasteiger charge is -2.29. The second kappa shape index (κ2) is 12.3. The summed E-state index contributed by atoms with van der Waals surface area (Å²) in [4.78, 5) is 26.9. The van der Waals surface area contributed by atoms with Crippen LogP contribution in [0.5, 0.6) is 5.75 Å². The van der Waals surface area contributed by atoms with Gasteiger partial charge in [-0.05, 0) is 49.7 Å². The maximum Gasteiger partial charge on any atom is 0.242 e. The molecule has 0 heterocycles. The normalized spacial score (nSPS) is 12.1. The first-order valence-electron chi connectivity index (χ1n) is 10.5. The van der Waals surface area contributed by atoms with Crippen molar-refractivity contribution < 1.29 is 22.7 Å². The van der Waals surface area contributed by atoms with Crippen LogP contribution in [0, 0.1) is 0 Å². The Morgan fingerprint density at radius 1 is 1.09 bits per heavy atom. The molecule has 0 aliphatic heterocycles. The monoisotopic (exact) mass is 529 g/mol. The van der Waals surface area contributed by atoms with Crippen LogP contribution >= 0.6 is 23.2 Å². The molecule has 186 valence electrons. The summed E-state index contributed by atoms with van der Waals surface area (Å²) in [6.07, 6.45) is 1.37. The fraction of sp³-hybridized carbons (Fsp3) is 0.391. The summed E-state index contributed by atoms with van der Waals surface area (Å²) in [5.41, 5.74) is 1.00. The van der Waals surface area contributed by atoms with E-state index in [0.717, 1.165) is 6.26 Å². The number of amides is 2. The second-order valence-corrected chi connectivity index (χ2v) is 10.4. The number of nitrogens with one attached hydrogen (secondary N) is 1.